The molecule has 3 rings (SSSR count). The van der Waals surface area contributed by atoms with Crippen molar-refractivity contribution in [3.8, 4) is 11.5 Å². The first-order valence-electron chi connectivity index (χ1n) is 6.26. The van der Waals surface area contributed by atoms with Gasteiger partial charge in [-0.3, -0.25) is 10.1 Å². The van der Waals surface area contributed by atoms with E-state index < -0.39 is 11.0 Å². The summed E-state index contributed by atoms with van der Waals surface area (Å²) < 4.78 is 7.26. The molecule has 0 amide bonds. The van der Waals surface area contributed by atoms with Crippen LogP contribution >= 0.6 is 31.9 Å². The van der Waals surface area contributed by atoms with Crippen LogP contribution < -0.4 is 4.74 Å². The van der Waals surface area contributed by atoms with E-state index in [9.17, 15) is 15.2 Å². The lowest BCUT2D eigenvalue weighted by Crippen LogP contribution is -2.20. The van der Waals surface area contributed by atoms with Gasteiger partial charge in [0, 0.05) is 21.7 Å². The van der Waals surface area contributed by atoms with Crippen molar-refractivity contribution in [1.29, 1.82) is 0 Å². The molecule has 1 atom stereocenters. The van der Waals surface area contributed by atoms with Gasteiger partial charge in [-0.05, 0) is 40.2 Å². The maximum atomic E-state index is 11.4. The van der Waals surface area contributed by atoms with Crippen molar-refractivity contribution in [1.82, 2.24) is 0 Å². The number of phenolic OH excluding ortho intramolecular Hbond substituents is 1. The van der Waals surface area contributed by atoms with Crippen molar-refractivity contribution in [3.05, 3.63) is 72.3 Å². The minimum Gasteiger partial charge on any atom is -0.508 e. The quantitative estimate of drug-likeness (QED) is 0.559. The fraction of sp³-hybridized carbons (Fsp3) is 0.0667. The van der Waals surface area contributed by atoms with Gasteiger partial charge in [-0.1, -0.05) is 28.1 Å². The average molecular weight is 427 g/mol. The highest BCUT2D eigenvalue weighted by atomic mass is 79.9. The maximum Gasteiger partial charge on any atom is 0.291 e. The Balaban J connectivity index is 2.13. The smallest absolute Gasteiger partial charge is 0.291 e. The molecule has 2 aromatic carbocycles. The Hall–Kier alpha value is -1.86. The van der Waals surface area contributed by atoms with Crippen molar-refractivity contribution in [3.63, 3.8) is 0 Å². The number of halogens is 2. The summed E-state index contributed by atoms with van der Waals surface area (Å²) in [6.45, 7) is 0. The summed E-state index contributed by atoms with van der Waals surface area (Å²) in [5, 5.41) is 21.0. The minimum absolute atomic E-state index is 0.00950. The molecule has 112 valence electrons. The molecule has 7 heteroatoms. The highest BCUT2D eigenvalue weighted by molar-refractivity contribution is 9.10. The third-order valence-electron chi connectivity index (χ3n) is 3.25. The normalized spacial score (nSPS) is 16.5. The molecule has 5 nitrogen and oxygen atoms in total. The van der Waals surface area contributed by atoms with Crippen LogP contribution in [0.1, 0.15) is 17.2 Å². The van der Waals surface area contributed by atoms with Crippen LogP contribution in [-0.4, -0.2) is 10.0 Å². The van der Waals surface area contributed by atoms with Gasteiger partial charge in [-0.25, -0.2) is 0 Å². The lowest BCUT2D eigenvalue weighted by atomic mass is 10.0. The van der Waals surface area contributed by atoms with Gasteiger partial charge >= 0.3 is 0 Å². The second kappa shape index (κ2) is 5.73. The van der Waals surface area contributed by atoms with Gasteiger partial charge in [0.15, 0.2) is 0 Å². The van der Waals surface area contributed by atoms with E-state index in [1.54, 1.807) is 24.3 Å². The molecule has 0 aromatic heterocycles. The van der Waals surface area contributed by atoms with Gasteiger partial charge in [-0.2, -0.15) is 0 Å². The third-order valence-corrected chi connectivity index (χ3v) is 4.37. The van der Waals surface area contributed by atoms with Crippen LogP contribution in [0.15, 0.2) is 51.0 Å². The Morgan fingerprint density at radius 3 is 2.50 bits per heavy atom. The summed E-state index contributed by atoms with van der Waals surface area (Å²) in [5.41, 5.74) is 1.07. The van der Waals surface area contributed by atoms with Crippen LogP contribution in [0.3, 0.4) is 0 Å². The van der Waals surface area contributed by atoms with E-state index in [0.717, 1.165) is 4.47 Å². The standard InChI is InChI=1S/C15H9Br2NO4/c16-10-3-1-8(2-4-10)15-13(18(20)21)6-9-5-11(19)7-12(17)14(9)22-15/h1-7,15,19H. The largest absolute Gasteiger partial charge is 0.508 e. The number of benzene rings is 2. The molecule has 22 heavy (non-hydrogen) atoms. The van der Waals surface area contributed by atoms with Crippen LogP contribution in [0.4, 0.5) is 0 Å². The molecule has 1 N–H and O–H groups in total. The summed E-state index contributed by atoms with van der Waals surface area (Å²) in [5.74, 6) is 0.478. The summed E-state index contributed by atoms with van der Waals surface area (Å²) in [4.78, 5) is 10.9. The topological polar surface area (TPSA) is 72.6 Å². The highest BCUT2D eigenvalue weighted by Crippen LogP contribution is 2.43. The Morgan fingerprint density at radius 2 is 1.86 bits per heavy atom. The lowest BCUT2D eigenvalue weighted by molar-refractivity contribution is -0.434. The first-order valence-corrected chi connectivity index (χ1v) is 7.85. The zero-order chi connectivity index (χ0) is 15.9. The molecule has 1 aliphatic heterocycles. The highest BCUT2D eigenvalue weighted by Gasteiger charge is 2.34. The molecule has 2 aromatic rings. The van der Waals surface area contributed by atoms with Gasteiger partial charge in [-0.15, -0.1) is 0 Å². The fourth-order valence-corrected chi connectivity index (χ4v) is 3.09. The molecule has 1 aliphatic rings. The Kier molecular flexibility index (Phi) is 3.92. The molecule has 0 fully saturated rings. The van der Waals surface area contributed by atoms with Crippen molar-refractivity contribution >= 4 is 37.9 Å². The summed E-state index contributed by atoms with van der Waals surface area (Å²) in [6.07, 6.45) is 0.618. The Labute approximate surface area is 142 Å². The predicted octanol–water partition coefficient (Wildman–Crippen LogP) is 4.67. The van der Waals surface area contributed by atoms with Crippen molar-refractivity contribution in [2.45, 2.75) is 6.10 Å². The second-order valence-electron chi connectivity index (χ2n) is 4.72. The number of hydrogen-bond acceptors (Lipinski definition) is 4. The van der Waals surface area contributed by atoms with Gasteiger partial charge in [0.05, 0.1) is 9.40 Å². The van der Waals surface area contributed by atoms with Gasteiger partial charge in [0.25, 0.3) is 5.70 Å². The molecule has 0 saturated heterocycles. The summed E-state index contributed by atoms with van der Waals surface area (Å²) >= 11 is 6.64. The summed E-state index contributed by atoms with van der Waals surface area (Å²) in [7, 11) is 0. The first-order chi connectivity index (χ1) is 10.5. The molecular weight excluding hydrogens is 418 g/mol. The molecule has 1 heterocycles. The predicted molar refractivity (Wildman–Crippen MR) is 88.3 cm³/mol. The lowest BCUT2D eigenvalue weighted by Gasteiger charge is -2.23. The SMILES string of the molecule is O=[N+]([O-])C1=Cc2cc(O)cc(Br)c2OC1c1ccc(Br)cc1. The second-order valence-corrected chi connectivity index (χ2v) is 6.49. The number of rotatable bonds is 2. The Morgan fingerprint density at radius 1 is 1.18 bits per heavy atom. The number of aromatic hydroxyl groups is 1. The van der Waals surface area contributed by atoms with Gasteiger partial charge < -0.3 is 9.84 Å². The van der Waals surface area contributed by atoms with E-state index in [1.165, 1.54) is 18.2 Å². The molecule has 0 saturated carbocycles. The van der Waals surface area contributed by atoms with Crippen molar-refractivity contribution in [2.75, 3.05) is 0 Å². The number of nitro groups is 1. The molecule has 0 radical (unpaired) electrons. The van der Waals surface area contributed by atoms with E-state index in [-0.39, 0.29) is 11.4 Å². The van der Waals surface area contributed by atoms with Crippen LogP contribution in [0.5, 0.6) is 11.5 Å². The number of fused-ring (bicyclic) bond motifs is 1. The molecule has 1 unspecified atom stereocenters. The van der Waals surface area contributed by atoms with Crippen molar-refractivity contribution < 1.29 is 14.8 Å². The molecule has 0 bridgehead atoms. The van der Waals surface area contributed by atoms with E-state index >= 15 is 0 Å². The molecular formula is C15H9Br2NO4. The van der Waals surface area contributed by atoms with E-state index in [4.69, 9.17) is 4.74 Å². The van der Waals surface area contributed by atoms with Crippen LogP contribution in [0, 0.1) is 10.1 Å². The van der Waals surface area contributed by atoms with E-state index in [0.29, 0.717) is 21.3 Å². The summed E-state index contributed by atoms with van der Waals surface area (Å²) in [6, 6.07) is 10.1. The molecule has 0 spiro atoms. The number of ether oxygens (including phenoxy) is 1. The minimum atomic E-state index is -0.809. The number of hydrogen-bond donors (Lipinski definition) is 1. The Bertz CT molecular complexity index is 787. The van der Waals surface area contributed by atoms with E-state index in [1.807, 2.05) is 0 Å². The van der Waals surface area contributed by atoms with Crippen LogP contribution in [-0.2, 0) is 0 Å². The van der Waals surface area contributed by atoms with Crippen molar-refractivity contribution in [2.24, 2.45) is 0 Å². The number of nitrogens with zero attached hydrogens (tertiary/aromatic N) is 1. The third kappa shape index (κ3) is 2.74. The monoisotopic (exact) mass is 425 g/mol. The zero-order valence-electron chi connectivity index (χ0n) is 11.0. The van der Waals surface area contributed by atoms with Gasteiger partial charge in [0.2, 0.25) is 6.10 Å². The molecule has 0 aliphatic carbocycles. The fourth-order valence-electron chi connectivity index (χ4n) is 2.27. The zero-order valence-corrected chi connectivity index (χ0v) is 14.2. The first kappa shape index (κ1) is 15.1. The van der Waals surface area contributed by atoms with Crippen LogP contribution in [0.2, 0.25) is 0 Å². The van der Waals surface area contributed by atoms with E-state index in [2.05, 4.69) is 31.9 Å². The maximum absolute atomic E-state index is 11.4. The number of phenols is 1. The average Bonchev–Trinajstić information content (AvgIpc) is 2.47. The van der Waals surface area contributed by atoms with Crippen LogP contribution in [0.25, 0.3) is 6.08 Å². The van der Waals surface area contributed by atoms with Gasteiger partial charge in [0.1, 0.15) is 11.5 Å².